The second-order valence-electron chi connectivity index (χ2n) is 6.81. The lowest BCUT2D eigenvalue weighted by Crippen LogP contribution is -2.36. The van der Waals surface area contributed by atoms with E-state index in [1.54, 1.807) is 18.5 Å². The fourth-order valence-corrected chi connectivity index (χ4v) is 3.62. The molecule has 1 amide bonds. The Morgan fingerprint density at radius 3 is 3.16 bits per heavy atom. The van der Waals surface area contributed by atoms with Crippen LogP contribution in [0, 0.1) is 0 Å². The molecule has 6 nitrogen and oxygen atoms in total. The zero-order valence-corrected chi connectivity index (χ0v) is 14.1. The van der Waals surface area contributed by atoms with E-state index in [4.69, 9.17) is 13.9 Å². The molecule has 2 saturated heterocycles. The molecule has 25 heavy (non-hydrogen) atoms. The number of aromatic nitrogens is 1. The van der Waals surface area contributed by atoms with Crippen LogP contribution in [-0.2, 0) is 27.3 Å². The maximum atomic E-state index is 12.4. The van der Waals surface area contributed by atoms with Gasteiger partial charge in [0, 0.05) is 31.9 Å². The SMILES string of the molecule is O=C(Cc1ccco1)N1CC[C@]2(C[C@H](OCc3cccnc3)CO2)C1. The Bertz CT molecular complexity index is 703. The van der Waals surface area contributed by atoms with Crippen LogP contribution < -0.4 is 0 Å². The molecule has 0 aliphatic carbocycles. The number of ether oxygens (including phenoxy) is 2. The van der Waals surface area contributed by atoms with E-state index in [1.165, 1.54) is 0 Å². The Kier molecular flexibility index (Phi) is 4.55. The molecule has 132 valence electrons. The first kappa shape index (κ1) is 16.3. The highest BCUT2D eigenvalue weighted by Gasteiger charge is 2.47. The fourth-order valence-electron chi connectivity index (χ4n) is 3.62. The highest BCUT2D eigenvalue weighted by atomic mass is 16.6. The average Bonchev–Trinajstić information content (AvgIpc) is 3.37. The fraction of sp³-hybridized carbons (Fsp3) is 0.474. The molecule has 2 atom stereocenters. The predicted octanol–water partition coefficient (Wildman–Crippen LogP) is 2.19. The molecular formula is C19H22N2O4. The molecule has 2 fully saturated rings. The molecule has 2 aliphatic heterocycles. The molecule has 2 aromatic heterocycles. The van der Waals surface area contributed by atoms with Gasteiger partial charge in [-0.1, -0.05) is 6.07 Å². The number of hydrogen-bond donors (Lipinski definition) is 0. The molecule has 4 heterocycles. The summed E-state index contributed by atoms with van der Waals surface area (Å²) in [4.78, 5) is 18.4. The van der Waals surface area contributed by atoms with Crippen molar-refractivity contribution in [1.29, 1.82) is 0 Å². The predicted molar refractivity (Wildman–Crippen MR) is 89.7 cm³/mol. The van der Waals surface area contributed by atoms with Crippen LogP contribution >= 0.6 is 0 Å². The van der Waals surface area contributed by atoms with Crippen LogP contribution in [0.25, 0.3) is 0 Å². The van der Waals surface area contributed by atoms with Crippen LogP contribution in [0.2, 0.25) is 0 Å². The van der Waals surface area contributed by atoms with E-state index in [1.807, 2.05) is 29.3 Å². The van der Waals surface area contributed by atoms with Gasteiger partial charge in [-0.2, -0.15) is 0 Å². The van der Waals surface area contributed by atoms with Crippen LogP contribution in [0.4, 0.5) is 0 Å². The first-order chi connectivity index (χ1) is 12.2. The van der Waals surface area contributed by atoms with Crippen molar-refractivity contribution in [2.45, 2.75) is 37.6 Å². The summed E-state index contributed by atoms with van der Waals surface area (Å²) >= 11 is 0. The van der Waals surface area contributed by atoms with E-state index < -0.39 is 0 Å². The van der Waals surface area contributed by atoms with Gasteiger partial charge in [0.25, 0.3) is 0 Å². The van der Waals surface area contributed by atoms with Crippen LogP contribution in [0.1, 0.15) is 24.2 Å². The minimum atomic E-state index is -0.252. The van der Waals surface area contributed by atoms with Gasteiger partial charge in [0.1, 0.15) is 5.76 Å². The Balaban J connectivity index is 1.28. The Hall–Kier alpha value is -2.18. The maximum absolute atomic E-state index is 12.4. The molecule has 1 spiro atoms. The molecule has 4 rings (SSSR count). The monoisotopic (exact) mass is 342 g/mol. The van der Waals surface area contributed by atoms with Gasteiger partial charge in [0.15, 0.2) is 0 Å². The summed E-state index contributed by atoms with van der Waals surface area (Å²) in [6.07, 6.45) is 7.24. The number of furan rings is 1. The third kappa shape index (κ3) is 3.75. The van der Waals surface area contributed by atoms with Gasteiger partial charge in [-0.05, 0) is 30.2 Å². The van der Waals surface area contributed by atoms with E-state index >= 15 is 0 Å². The maximum Gasteiger partial charge on any atom is 0.230 e. The number of rotatable bonds is 5. The molecule has 0 unspecified atom stereocenters. The average molecular weight is 342 g/mol. The minimum absolute atomic E-state index is 0.0698. The second-order valence-corrected chi connectivity index (χ2v) is 6.81. The highest BCUT2D eigenvalue weighted by molar-refractivity contribution is 5.78. The normalized spacial score (nSPS) is 25.8. The van der Waals surface area contributed by atoms with Crippen molar-refractivity contribution in [2.75, 3.05) is 19.7 Å². The largest absolute Gasteiger partial charge is 0.469 e. The second kappa shape index (κ2) is 6.98. The molecule has 0 saturated carbocycles. The molecule has 0 radical (unpaired) electrons. The van der Waals surface area contributed by atoms with Crippen LogP contribution in [0.15, 0.2) is 47.3 Å². The van der Waals surface area contributed by atoms with E-state index in [-0.39, 0.29) is 17.6 Å². The van der Waals surface area contributed by atoms with Gasteiger partial charge >= 0.3 is 0 Å². The van der Waals surface area contributed by atoms with Crippen molar-refractivity contribution in [2.24, 2.45) is 0 Å². The summed E-state index contributed by atoms with van der Waals surface area (Å²) < 4.78 is 17.3. The Morgan fingerprint density at radius 1 is 1.40 bits per heavy atom. The molecule has 0 N–H and O–H groups in total. The van der Waals surface area contributed by atoms with Gasteiger partial charge in [0.05, 0.1) is 37.6 Å². The third-order valence-corrected chi connectivity index (χ3v) is 4.96. The zero-order valence-electron chi connectivity index (χ0n) is 14.1. The molecular weight excluding hydrogens is 320 g/mol. The summed E-state index contributed by atoms with van der Waals surface area (Å²) in [5.74, 6) is 0.797. The van der Waals surface area contributed by atoms with E-state index in [0.29, 0.717) is 31.9 Å². The molecule has 2 aromatic rings. The molecule has 6 heteroatoms. The van der Waals surface area contributed by atoms with E-state index in [9.17, 15) is 4.79 Å². The van der Waals surface area contributed by atoms with Crippen molar-refractivity contribution in [3.05, 3.63) is 54.2 Å². The quantitative estimate of drug-likeness (QED) is 0.833. The van der Waals surface area contributed by atoms with Crippen molar-refractivity contribution in [3.8, 4) is 0 Å². The summed E-state index contributed by atoms with van der Waals surface area (Å²) in [5.41, 5.74) is 0.809. The number of nitrogens with zero attached hydrogens (tertiary/aromatic N) is 2. The lowest BCUT2D eigenvalue weighted by atomic mass is 9.98. The number of carbonyl (C=O) groups excluding carboxylic acids is 1. The number of amides is 1. The van der Waals surface area contributed by atoms with Crippen LogP contribution in [0.3, 0.4) is 0 Å². The van der Waals surface area contributed by atoms with Crippen molar-refractivity contribution >= 4 is 5.91 Å². The van der Waals surface area contributed by atoms with Crippen LogP contribution in [-0.4, -0.2) is 47.2 Å². The van der Waals surface area contributed by atoms with Crippen molar-refractivity contribution in [3.63, 3.8) is 0 Å². The first-order valence-corrected chi connectivity index (χ1v) is 8.67. The van der Waals surface area contributed by atoms with E-state index in [0.717, 1.165) is 24.9 Å². The minimum Gasteiger partial charge on any atom is -0.469 e. The van der Waals surface area contributed by atoms with Crippen LogP contribution in [0.5, 0.6) is 0 Å². The van der Waals surface area contributed by atoms with Crippen molar-refractivity contribution in [1.82, 2.24) is 9.88 Å². The van der Waals surface area contributed by atoms with E-state index in [2.05, 4.69) is 4.98 Å². The summed E-state index contributed by atoms with van der Waals surface area (Å²) in [5, 5.41) is 0. The zero-order chi connectivity index (χ0) is 17.1. The van der Waals surface area contributed by atoms with Gasteiger partial charge < -0.3 is 18.8 Å². The summed E-state index contributed by atoms with van der Waals surface area (Å²) in [7, 11) is 0. The topological polar surface area (TPSA) is 64.8 Å². The Labute approximate surface area is 146 Å². The lowest BCUT2D eigenvalue weighted by molar-refractivity contribution is -0.130. The summed E-state index contributed by atoms with van der Waals surface area (Å²) in [6.45, 7) is 2.49. The highest BCUT2D eigenvalue weighted by Crippen LogP contribution is 2.36. The van der Waals surface area contributed by atoms with Crippen molar-refractivity contribution < 1.29 is 18.7 Å². The molecule has 2 aliphatic rings. The van der Waals surface area contributed by atoms with Gasteiger partial charge in [-0.3, -0.25) is 9.78 Å². The third-order valence-electron chi connectivity index (χ3n) is 4.96. The van der Waals surface area contributed by atoms with Gasteiger partial charge in [0.2, 0.25) is 5.91 Å². The van der Waals surface area contributed by atoms with Gasteiger partial charge in [-0.15, -0.1) is 0 Å². The molecule has 0 bridgehead atoms. The standard InChI is InChI=1S/C19H22N2O4/c22-18(9-16-4-2-8-23-16)21-7-5-19(14-21)10-17(13-25-19)24-12-15-3-1-6-20-11-15/h1-4,6,8,11,17H,5,7,9-10,12-14H2/t17-,19-/m0/s1. The van der Waals surface area contributed by atoms with Gasteiger partial charge in [-0.25, -0.2) is 0 Å². The number of likely N-dealkylation sites (tertiary alicyclic amines) is 1. The lowest BCUT2D eigenvalue weighted by Gasteiger charge is -2.23. The number of pyridine rings is 1. The first-order valence-electron chi connectivity index (χ1n) is 8.67. The smallest absolute Gasteiger partial charge is 0.230 e. The Morgan fingerprint density at radius 2 is 2.36 bits per heavy atom. The summed E-state index contributed by atoms with van der Waals surface area (Å²) in [6, 6.07) is 7.55. The number of hydrogen-bond acceptors (Lipinski definition) is 5. The number of carbonyl (C=O) groups is 1. The molecule has 0 aromatic carbocycles.